The molecule has 9 nitrogen and oxygen atoms in total. The number of benzene rings is 1. The monoisotopic (exact) mass is 444 g/mol. The van der Waals surface area contributed by atoms with Gasteiger partial charge in [0.15, 0.2) is 0 Å². The van der Waals surface area contributed by atoms with Crippen molar-refractivity contribution in [2.24, 2.45) is 11.8 Å². The molecule has 4 N–H and O–H groups in total. The van der Waals surface area contributed by atoms with Crippen molar-refractivity contribution < 1.29 is 23.9 Å². The van der Waals surface area contributed by atoms with E-state index in [1.807, 2.05) is 13.8 Å². The number of hydrogen-bond donors (Lipinski definition) is 4. The van der Waals surface area contributed by atoms with Crippen molar-refractivity contribution in [1.29, 1.82) is 0 Å². The molecule has 32 heavy (non-hydrogen) atoms. The maximum atomic E-state index is 12.9. The normalized spacial score (nSPS) is 23.4. The SMILES string of the molecule is CC[C@H](C)[C@@H]1NC(=O)C[C@@H](C(=O)NCC2CC2)NC(=O)c2ccccc2OCCNC1=O. The zero-order chi connectivity index (χ0) is 23.1. The third kappa shape index (κ3) is 6.45. The van der Waals surface area contributed by atoms with Gasteiger partial charge in [-0.3, -0.25) is 19.2 Å². The Morgan fingerprint density at radius 2 is 1.94 bits per heavy atom. The number of fused-ring (bicyclic) bond motifs is 1. The molecule has 3 atom stereocenters. The van der Waals surface area contributed by atoms with E-state index in [2.05, 4.69) is 21.3 Å². The lowest BCUT2D eigenvalue weighted by Crippen LogP contribution is -2.54. The van der Waals surface area contributed by atoms with Crippen LogP contribution in [0.4, 0.5) is 0 Å². The molecule has 1 aliphatic carbocycles. The summed E-state index contributed by atoms with van der Waals surface area (Å²) >= 11 is 0. The summed E-state index contributed by atoms with van der Waals surface area (Å²) in [6, 6.07) is 4.86. The van der Waals surface area contributed by atoms with Crippen LogP contribution in [0.3, 0.4) is 0 Å². The first-order chi connectivity index (χ1) is 15.4. The highest BCUT2D eigenvalue weighted by atomic mass is 16.5. The fraction of sp³-hybridized carbons (Fsp3) is 0.565. The Balaban J connectivity index is 1.84. The maximum Gasteiger partial charge on any atom is 0.255 e. The molecule has 0 radical (unpaired) electrons. The van der Waals surface area contributed by atoms with Crippen LogP contribution in [0.1, 0.15) is 49.9 Å². The van der Waals surface area contributed by atoms with Crippen LogP contribution < -0.4 is 26.0 Å². The van der Waals surface area contributed by atoms with E-state index < -0.39 is 29.8 Å². The van der Waals surface area contributed by atoms with Gasteiger partial charge < -0.3 is 26.0 Å². The number of hydrogen-bond acceptors (Lipinski definition) is 5. The van der Waals surface area contributed by atoms with Crippen molar-refractivity contribution >= 4 is 23.6 Å². The molecule has 1 aromatic carbocycles. The van der Waals surface area contributed by atoms with E-state index >= 15 is 0 Å². The van der Waals surface area contributed by atoms with E-state index in [0.29, 0.717) is 24.6 Å². The molecule has 2 aliphatic rings. The molecule has 0 unspecified atom stereocenters. The van der Waals surface area contributed by atoms with Gasteiger partial charge in [0.2, 0.25) is 17.7 Å². The molecule has 1 saturated carbocycles. The van der Waals surface area contributed by atoms with Crippen LogP contribution >= 0.6 is 0 Å². The number of para-hydroxylation sites is 1. The Bertz CT molecular complexity index is 855. The molecule has 4 amide bonds. The van der Waals surface area contributed by atoms with Crippen molar-refractivity contribution in [3.63, 3.8) is 0 Å². The average Bonchev–Trinajstić information content (AvgIpc) is 3.61. The van der Waals surface area contributed by atoms with Gasteiger partial charge in [-0.15, -0.1) is 0 Å². The Hall–Kier alpha value is -3.10. The topological polar surface area (TPSA) is 126 Å². The molecule has 0 aromatic heterocycles. The first kappa shape index (κ1) is 23.6. The van der Waals surface area contributed by atoms with Gasteiger partial charge in [0.1, 0.15) is 24.4 Å². The van der Waals surface area contributed by atoms with Crippen molar-refractivity contribution in [1.82, 2.24) is 21.3 Å². The fourth-order valence-corrected chi connectivity index (χ4v) is 3.48. The molecule has 3 rings (SSSR count). The van der Waals surface area contributed by atoms with Gasteiger partial charge >= 0.3 is 0 Å². The van der Waals surface area contributed by atoms with E-state index in [1.54, 1.807) is 24.3 Å². The second kappa shape index (κ2) is 11.0. The van der Waals surface area contributed by atoms with Gasteiger partial charge in [-0.2, -0.15) is 0 Å². The van der Waals surface area contributed by atoms with E-state index in [-0.39, 0.29) is 37.0 Å². The second-order valence-corrected chi connectivity index (χ2v) is 8.49. The van der Waals surface area contributed by atoms with Crippen LogP contribution in [-0.2, 0) is 14.4 Å². The van der Waals surface area contributed by atoms with Crippen LogP contribution in [0.25, 0.3) is 0 Å². The summed E-state index contributed by atoms with van der Waals surface area (Å²) < 4.78 is 5.71. The fourth-order valence-electron chi connectivity index (χ4n) is 3.48. The first-order valence-corrected chi connectivity index (χ1v) is 11.3. The van der Waals surface area contributed by atoms with Crippen LogP contribution in [0, 0.1) is 11.8 Å². The predicted octanol–water partition coefficient (Wildman–Crippen LogP) is 0.741. The van der Waals surface area contributed by atoms with E-state index in [9.17, 15) is 19.2 Å². The van der Waals surface area contributed by atoms with Gasteiger partial charge in [0.05, 0.1) is 18.5 Å². The van der Waals surface area contributed by atoms with E-state index in [4.69, 9.17) is 4.74 Å². The Morgan fingerprint density at radius 1 is 1.19 bits per heavy atom. The largest absolute Gasteiger partial charge is 0.491 e. The zero-order valence-corrected chi connectivity index (χ0v) is 18.6. The molecule has 0 saturated heterocycles. The molecule has 1 heterocycles. The second-order valence-electron chi connectivity index (χ2n) is 8.49. The van der Waals surface area contributed by atoms with Crippen molar-refractivity contribution in [3.05, 3.63) is 29.8 Å². The minimum absolute atomic E-state index is 0.106. The van der Waals surface area contributed by atoms with E-state index in [0.717, 1.165) is 12.8 Å². The van der Waals surface area contributed by atoms with Gasteiger partial charge in [0.25, 0.3) is 5.91 Å². The van der Waals surface area contributed by atoms with Crippen LogP contribution in [0.5, 0.6) is 5.75 Å². The van der Waals surface area contributed by atoms with Crippen LogP contribution in [0.2, 0.25) is 0 Å². The van der Waals surface area contributed by atoms with Gasteiger partial charge in [-0.25, -0.2) is 0 Å². The summed E-state index contributed by atoms with van der Waals surface area (Å²) in [6.45, 7) is 4.71. The van der Waals surface area contributed by atoms with Gasteiger partial charge in [0, 0.05) is 6.54 Å². The zero-order valence-electron chi connectivity index (χ0n) is 18.6. The molecule has 9 heteroatoms. The number of ether oxygens (including phenoxy) is 1. The lowest BCUT2D eigenvalue weighted by molar-refractivity contribution is -0.132. The molecule has 1 fully saturated rings. The highest BCUT2D eigenvalue weighted by Crippen LogP contribution is 2.27. The molecule has 1 aromatic rings. The standard InChI is InChI=1S/C23H32N4O5/c1-3-14(2)20-23(31)24-10-11-32-18-7-5-4-6-16(18)21(29)26-17(12-19(28)27-20)22(30)25-13-15-8-9-15/h4-7,14-15,17,20H,3,8-13H2,1-2H3,(H,24,31)(H,25,30)(H,26,29)(H,27,28)/t14-,17-,20-/m0/s1. The van der Waals surface area contributed by atoms with Gasteiger partial charge in [-0.05, 0) is 36.8 Å². The summed E-state index contributed by atoms with van der Waals surface area (Å²) in [4.78, 5) is 51.2. The van der Waals surface area contributed by atoms with Gasteiger partial charge in [-0.1, -0.05) is 32.4 Å². The lowest BCUT2D eigenvalue weighted by Gasteiger charge is -2.25. The minimum Gasteiger partial charge on any atom is -0.491 e. The first-order valence-electron chi connectivity index (χ1n) is 11.3. The summed E-state index contributed by atoms with van der Waals surface area (Å²) in [7, 11) is 0. The predicted molar refractivity (Wildman–Crippen MR) is 118 cm³/mol. The van der Waals surface area contributed by atoms with Crippen molar-refractivity contribution in [2.45, 2.75) is 51.6 Å². The average molecular weight is 445 g/mol. The Labute approximate surface area is 188 Å². The number of amides is 4. The maximum absolute atomic E-state index is 12.9. The van der Waals surface area contributed by atoms with Crippen molar-refractivity contribution in [3.8, 4) is 5.75 Å². The number of nitrogens with one attached hydrogen (secondary N) is 4. The Kier molecular flexibility index (Phi) is 8.08. The van der Waals surface area contributed by atoms with E-state index in [1.165, 1.54) is 0 Å². The molecule has 0 bridgehead atoms. The molecule has 1 aliphatic heterocycles. The smallest absolute Gasteiger partial charge is 0.255 e. The Morgan fingerprint density at radius 3 is 2.66 bits per heavy atom. The number of rotatable bonds is 5. The molecular weight excluding hydrogens is 412 g/mol. The number of carbonyl (C=O) groups excluding carboxylic acids is 4. The minimum atomic E-state index is -1.07. The summed E-state index contributed by atoms with van der Waals surface area (Å²) in [6.07, 6.45) is 2.54. The third-order valence-electron chi connectivity index (χ3n) is 5.88. The molecule has 0 spiro atoms. The lowest BCUT2D eigenvalue weighted by atomic mass is 9.97. The highest BCUT2D eigenvalue weighted by Gasteiger charge is 2.31. The number of carbonyl (C=O) groups is 4. The molecular formula is C23H32N4O5. The quantitative estimate of drug-likeness (QED) is 0.533. The molecule has 174 valence electrons. The summed E-state index contributed by atoms with van der Waals surface area (Å²) in [5.74, 6) is -1.01. The van der Waals surface area contributed by atoms with Crippen LogP contribution in [0.15, 0.2) is 24.3 Å². The van der Waals surface area contributed by atoms with Crippen LogP contribution in [-0.4, -0.2) is 55.4 Å². The highest BCUT2D eigenvalue weighted by molar-refractivity contribution is 6.01. The third-order valence-corrected chi connectivity index (χ3v) is 5.88. The summed E-state index contributed by atoms with van der Waals surface area (Å²) in [5.41, 5.74) is 0.258. The summed E-state index contributed by atoms with van der Waals surface area (Å²) in [5, 5.41) is 11.0. The van der Waals surface area contributed by atoms with Crippen molar-refractivity contribution in [2.75, 3.05) is 19.7 Å².